The van der Waals surface area contributed by atoms with E-state index in [2.05, 4.69) is 15.9 Å². The number of halogens is 1. The fraction of sp³-hybridized carbons (Fsp3) is 0.200. The van der Waals surface area contributed by atoms with Gasteiger partial charge in [-0.15, -0.1) is 0 Å². The second-order valence-electron chi connectivity index (χ2n) is 7.99. The average molecular weight is 492 g/mol. The molecule has 0 spiro atoms. The predicted octanol–water partition coefficient (Wildman–Crippen LogP) is 4.11. The van der Waals surface area contributed by atoms with Crippen molar-refractivity contribution in [1.29, 1.82) is 0 Å². The molecule has 7 heteroatoms. The third-order valence-corrected chi connectivity index (χ3v) is 6.66. The molecule has 160 valence electrons. The van der Waals surface area contributed by atoms with Crippen LogP contribution in [0.15, 0.2) is 53.0 Å². The molecule has 5 rings (SSSR count). The lowest BCUT2D eigenvalue weighted by Crippen LogP contribution is -2.49. The Kier molecular flexibility index (Phi) is 4.93. The molecule has 0 N–H and O–H groups in total. The highest BCUT2D eigenvalue weighted by Gasteiger charge is 2.40. The Labute approximate surface area is 192 Å². The van der Waals surface area contributed by atoms with Crippen LogP contribution in [0.1, 0.15) is 49.1 Å². The number of rotatable bonds is 5. The summed E-state index contributed by atoms with van der Waals surface area (Å²) in [7, 11) is 0. The zero-order valence-corrected chi connectivity index (χ0v) is 18.8. The number of hydrogen-bond donors (Lipinski definition) is 0. The Balaban J connectivity index is 1.38. The normalized spacial score (nSPS) is 15.2. The van der Waals surface area contributed by atoms with Crippen molar-refractivity contribution < 1.29 is 23.9 Å². The standard InChI is InChI=1S/C25H18BrNO5/c1-13(25(31)32-12-20(28)14-4-8-17(26)9-5-14)27-23(29)18-10-6-15-2-3-16-7-11-19(24(27)30)22(18)21(15)16/h4-11,13H,2-3,12H2,1H3. The van der Waals surface area contributed by atoms with Crippen LogP contribution in [0.5, 0.6) is 0 Å². The molecule has 3 aromatic rings. The van der Waals surface area contributed by atoms with E-state index in [9.17, 15) is 19.2 Å². The molecule has 0 aromatic heterocycles. The predicted molar refractivity (Wildman–Crippen MR) is 121 cm³/mol. The van der Waals surface area contributed by atoms with Crippen LogP contribution >= 0.6 is 15.9 Å². The molecule has 0 bridgehead atoms. The Morgan fingerprint density at radius 3 is 2.03 bits per heavy atom. The monoisotopic (exact) mass is 491 g/mol. The van der Waals surface area contributed by atoms with E-state index in [-0.39, 0.29) is 5.78 Å². The summed E-state index contributed by atoms with van der Waals surface area (Å²) < 4.78 is 5.99. The lowest BCUT2D eigenvalue weighted by atomic mass is 9.90. The molecule has 0 saturated heterocycles. The van der Waals surface area contributed by atoms with Crippen LogP contribution in [0.2, 0.25) is 0 Å². The SMILES string of the molecule is CC(C(=O)OCC(=O)c1ccc(Br)cc1)N1C(=O)c2ccc3c4c(ccc(c24)C1=O)CC3. The van der Waals surface area contributed by atoms with Crippen LogP contribution in [0.4, 0.5) is 0 Å². The molecular weight excluding hydrogens is 474 g/mol. The third-order valence-electron chi connectivity index (χ3n) is 6.14. The van der Waals surface area contributed by atoms with E-state index in [1.54, 1.807) is 36.4 Å². The Hall–Kier alpha value is -3.32. The van der Waals surface area contributed by atoms with Crippen molar-refractivity contribution in [3.8, 4) is 0 Å². The van der Waals surface area contributed by atoms with Crippen molar-refractivity contribution in [2.24, 2.45) is 0 Å². The number of ether oxygens (including phenoxy) is 1. The van der Waals surface area contributed by atoms with Gasteiger partial charge in [-0.3, -0.25) is 19.3 Å². The number of carbonyl (C=O) groups excluding carboxylic acids is 4. The number of nitrogens with zero attached hydrogens (tertiary/aromatic N) is 1. The van der Waals surface area contributed by atoms with Gasteiger partial charge in [-0.2, -0.15) is 0 Å². The highest BCUT2D eigenvalue weighted by atomic mass is 79.9. The van der Waals surface area contributed by atoms with E-state index in [1.165, 1.54) is 6.92 Å². The van der Waals surface area contributed by atoms with Gasteiger partial charge < -0.3 is 4.74 Å². The van der Waals surface area contributed by atoms with Gasteiger partial charge in [0.25, 0.3) is 11.8 Å². The van der Waals surface area contributed by atoms with Gasteiger partial charge >= 0.3 is 5.97 Å². The lowest BCUT2D eigenvalue weighted by molar-refractivity contribution is -0.146. The minimum atomic E-state index is -1.17. The number of amides is 2. The minimum Gasteiger partial charge on any atom is -0.456 e. The van der Waals surface area contributed by atoms with E-state index in [0.29, 0.717) is 22.1 Å². The molecule has 32 heavy (non-hydrogen) atoms. The Morgan fingerprint density at radius 2 is 1.47 bits per heavy atom. The summed E-state index contributed by atoms with van der Waals surface area (Å²) in [5.41, 5.74) is 3.49. The molecule has 3 aromatic carbocycles. The summed E-state index contributed by atoms with van der Waals surface area (Å²) in [6, 6.07) is 12.8. The second-order valence-corrected chi connectivity index (χ2v) is 8.90. The Morgan fingerprint density at radius 1 is 0.906 bits per heavy atom. The molecular formula is C25H18BrNO5. The minimum absolute atomic E-state index is 0.372. The van der Waals surface area contributed by atoms with Gasteiger partial charge in [0.05, 0.1) is 0 Å². The fourth-order valence-corrected chi connectivity index (χ4v) is 4.74. The first-order chi connectivity index (χ1) is 15.4. The zero-order valence-electron chi connectivity index (χ0n) is 17.2. The number of Topliss-reactive ketones (excluding diaryl/α,β-unsaturated/α-hetero) is 1. The van der Waals surface area contributed by atoms with Crippen molar-refractivity contribution in [3.05, 3.63) is 80.8 Å². The summed E-state index contributed by atoms with van der Waals surface area (Å²) in [5, 5.41) is 1.66. The number of carbonyl (C=O) groups is 4. The van der Waals surface area contributed by atoms with E-state index >= 15 is 0 Å². The third kappa shape index (κ3) is 3.15. The maximum Gasteiger partial charge on any atom is 0.329 e. The topological polar surface area (TPSA) is 80.8 Å². The van der Waals surface area contributed by atoms with Gasteiger partial charge in [0.2, 0.25) is 0 Å². The summed E-state index contributed by atoms with van der Waals surface area (Å²) in [6.07, 6.45) is 1.77. The second kappa shape index (κ2) is 7.67. The average Bonchev–Trinajstić information content (AvgIpc) is 3.22. The maximum absolute atomic E-state index is 13.2. The van der Waals surface area contributed by atoms with Gasteiger partial charge in [0, 0.05) is 26.5 Å². The van der Waals surface area contributed by atoms with Crippen molar-refractivity contribution >= 4 is 50.3 Å². The van der Waals surface area contributed by atoms with Gasteiger partial charge in [-0.05, 0) is 60.5 Å². The van der Waals surface area contributed by atoms with E-state index in [4.69, 9.17) is 4.74 Å². The first-order valence-corrected chi connectivity index (χ1v) is 11.1. The van der Waals surface area contributed by atoms with Gasteiger partial charge in [-0.1, -0.05) is 40.2 Å². The molecule has 2 aliphatic rings. The first-order valence-electron chi connectivity index (χ1n) is 10.3. The van der Waals surface area contributed by atoms with Crippen molar-refractivity contribution in [3.63, 3.8) is 0 Å². The molecule has 0 fully saturated rings. The molecule has 1 heterocycles. The first kappa shape index (κ1) is 20.6. The quantitative estimate of drug-likeness (QED) is 0.304. The fourth-order valence-electron chi connectivity index (χ4n) is 4.47. The number of ketones is 1. The summed E-state index contributed by atoms with van der Waals surface area (Å²) in [4.78, 5) is 52.3. The van der Waals surface area contributed by atoms with Crippen LogP contribution in [-0.2, 0) is 22.4 Å². The van der Waals surface area contributed by atoms with E-state index in [1.807, 2.05) is 12.1 Å². The van der Waals surface area contributed by atoms with Crippen LogP contribution < -0.4 is 0 Å². The lowest BCUT2D eigenvalue weighted by Gasteiger charge is -2.31. The molecule has 0 radical (unpaired) electrons. The number of imide groups is 1. The summed E-state index contributed by atoms with van der Waals surface area (Å²) in [5.74, 6) is -2.24. The zero-order chi connectivity index (χ0) is 22.6. The molecule has 1 aliphatic carbocycles. The number of aryl methyl sites for hydroxylation is 2. The molecule has 1 atom stereocenters. The number of hydrogen-bond acceptors (Lipinski definition) is 5. The van der Waals surface area contributed by atoms with Crippen molar-refractivity contribution in [1.82, 2.24) is 4.90 Å². The molecule has 0 saturated carbocycles. The molecule has 1 aliphatic heterocycles. The number of benzene rings is 3. The van der Waals surface area contributed by atoms with Crippen LogP contribution in [0.25, 0.3) is 10.8 Å². The maximum atomic E-state index is 13.2. The van der Waals surface area contributed by atoms with Crippen LogP contribution in [0, 0.1) is 0 Å². The molecule has 1 unspecified atom stereocenters. The largest absolute Gasteiger partial charge is 0.456 e. The van der Waals surface area contributed by atoms with E-state index < -0.39 is 30.4 Å². The molecule has 6 nitrogen and oxygen atoms in total. The summed E-state index contributed by atoms with van der Waals surface area (Å²) >= 11 is 3.30. The molecule has 2 amide bonds. The van der Waals surface area contributed by atoms with Crippen LogP contribution in [0.3, 0.4) is 0 Å². The van der Waals surface area contributed by atoms with Gasteiger partial charge in [0.15, 0.2) is 12.4 Å². The van der Waals surface area contributed by atoms with Gasteiger partial charge in [0.1, 0.15) is 6.04 Å². The highest BCUT2D eigenvalue weighted by Crippen LogP contribution is 2.38. The smallest absolute Gasteiger partial charge is 0.329 e. The summed E-state index contributed by atoms with van der Waals surface area (Å²) in [6.45, 7) is 0.963. The van der Waals surface area contributed by atoms with Crippen molar-refractivity contribution in [2.75, 3.05) is 6.61 Å². The van der Waals surface area contributed by atoms with E-state index in [0.717, 1.165) is 38.7 Å². The van der Waals surface area contributed by atoms with Crippen LogP contribution in [-0.4, -0.2) is 41.1 Å². The van der Waals surface area contributed by atoms with Gasteiger partial charge in [-0.25, -0.2) is 4.79 Å². The Bertz CT molecular complexity index is 1270. The highest BCUT2D eigenvalue weighted by molar-refractivity contribution is 9.10. The van der Waals surface area contributed by atoms with Crippen molar-refractivity contribution in [2.45, 2.75) is 25.8 Å². The number of esters is 1.